The van der Waals surface area contributed by atoms with Gasteiger partial charge in [-0.05, 0) is 40.5 Å². The normalized spacial score (nSPS) is 14.8. The van der Waals surface area contributed by atoms with E-state index in [0.29, 0.717) is 0 Å². The van der Waals surface area contributed by atoms with Crippen molar-refractivity contribution in [3.8, 4) is 0 Å². The summed E-state index contributed by atoms with van der Waals surface area (Å²) in [7, 11) is 0. The molecule has 1 rings (SSSR count). The van der Waals surface area contributed by atoms with E-state index in [1.54, 1.807) is 0 Å². The molecule has 3 N–H and O–H groups in total. The number of hydrogen-bond donors (Lipinski definition) is 3. The predicted molar refractivity (Wildman–Crippen MR) is 87.8 cm³/mol. The van der Waals surface area contributed by atoms with E-state index < -0.39 is 0 Å². The molecule has 0 spiro atoms. The van der Waals surface area contributed by atoms with Crippen molar-refractivity contribution >= 4 is 6.03 Å². The van der Waals surface area contributed by atoms with E-state index in [1.165, 1.54) is 0 Å². The second-order valence-electron chi connectivity index (χ2n) is 7.16. The van der Waals surface area contributed by atoms with E-state index in [9.17, 15) is 9.90 Å². The number of urea groups is 1. The molecule has 1 aromatic rings. The highest BCUT2D eigenvalue weighted by molar-refractivity contribution is 5.74. The van der Waals surface area contributed by atoms with Crippen molar-refractivity contribution in [1.29, 1.82) is 0 Å². The number of carbonyl (C=O) groups excluding carboxylic acids is 1. The molecule has 22 heavy (non-hydrogen) atoms. The number of rotatable bonds is 5. The molecule has 0 aliphatic heterocycles. The molecule has 126 valence electrons. The number of aliphatic hydroxyl groups is 1. The van der Waals surface area contributed by atoms with E-state index in [0.717, 1.165) is 11.3 Å². The maximum Gasteiger partial charge on any atom is 0.315 e. The summed E-state index contributed by atoms with van der Waals surface area (Å²) in [5, 5.41) is 19.5. The summed E-state index contributed by atoms with van der Waals surface area (Å²) in [4.78, 5) is 12.1. The van der Waals surface area contributed by atoms with E-state index in [2.05, 4.69) is 36.5 Å². The minimum absolute atomic E-state index is 0.0690. The van der Waals surface area contributed by atoms with Crippen molar-refractivity contribution < 1.29 is 9.90 Å². The zero-order chi connectivity index (χ0) is 17.1. The molecule has 6 nitrogen and oxygen atoms in total. The average Bonchev–Trinajstić information content (AvgIpc) is 2.77. The minimum Gasteiger partial charge on any atom is -0.394 e. The SMILES string of the molecule is Cc1nn(C(C)(C)C)cc1[C@@H](C)NC(=O)N[C@H](CO)C(C)C. The van der Waals surface area contributed by atoms with Gasteiger partial charge in [-0.3, -0.25) is 4.68 Å². The van der Waals surface area contributed by atoms with E-state index in [-0.39, 0.29) is 36.2 Å². The van der Waals surface area contributed by atoms with E-state index in [1.807, 2.05) is 38.6 Å². The van der Waals surface area contributed by atoms with Gasteiger partial charge in [0.15, 0.2) is 0 Å². The van der Waals surface area contributed by atoms with Gasteiger partial charge < -0.3 is 15.7 Å². The highest BCUT2D eigenvalue weighted by Crippen LogP contribution is 2.21. The molecule has 6 heteroatoms. The predicted octanol–water partition coefficient (Wildman–Crippen LogP) is 2.32. The van der Waals surface area contributed by atoms with Crippen LogP contribution in [0.2, 0.25) is 0 Å². The average molecular weight is 310 g/mol. The van der Waals surface area contributed by atoms with Crippen LogP contribution >= 0.6 is 0 Å². The van der Waals surface area contributed by atoms with Crippen molar-refractivity contribution in [3.05, 3.63) is 17.5 Å². The number of nitrogens with one attached hydrogen (secondary N) is 2. The molecule has 1 heterocycles. The van der Waals surface area contributed by atoms with Crippen molar-refractivity contribution in [2.24, 2.45) is 5.92 Å². The van der Waals surface area contributed by atoms with Crippen molar-refractivity contribution in [2.75, 3.05) is 6.61 Å². The Bertz CT molecular complexity index is 503. The number of amides is 2. The Hall–Kier alpha value is -1.56. The lowest BCUT2D eigenvalue weighted by Gasteiger charge is -2.22. The molecule has 0 aliphatic rings. The van der Waals surface area contributed by atoms with Crippen LogP contribution in [0.15, 0.2) is 6.20 Å². The van der Waals surface area contributed by atoms with Gasteiger partial charge in [0, 0.05) is 11.8 Å². The summed E-state index contributed by atoms with van der Waals surface area (Å²) in [5.41, 5.74) is 1.81. The maximum absolute atomic E-state index is 12.1. The zero-order valence-electron chi connectivity index (χ0n) is 14.8. The van der Waals surface area contributed by atoms with Gasteiger partial charge in [-0.15, -0.1) is 0 Å². The topological polar surface area (TPSA) is 79.2 Å². The van der Waals surface area contributed by atoms with Gasteiger partial charge >= 0.3 is 6.03 Å². The number of aliphatic hydroxyl groups excluding tert-OH is 1. The Morgan fingerprint density at radius 1 is 1.32 bits per heavy atom. The Balaban J connectivity index is 2.75. The number of aromatic nitrogens is 2. The fourth-order valence-corrected chi connectivity index (χ4v) is 2.15. The third kappa shape index (κ3) is 4.73. The minimum atomic E-state index is -0.275. The van der Waals surface area contributed by atoms with Gasteiger partial charge in [0.1, 0.15) is 0 Å². The van der Waals surface area contributed by atoms with Crippen LogP contribution < -0.4 is 10.6 Å². The van der Waals surface area contributed by atoms with Crippen molar-refractivity contribution in [3.63, 3.8) is 0 Å². The second kappa shape index (κ2) is 7.13. The highest BCUT2D eigenvalue weighted by Gasteiger charge is 2.21. The molecule has 0 aromatic carbocycles. The standard InChI is InChI=1S/C16H30N4O2/c1-10(2)14(9-21)18-15(22)17-11(3)13-8-20(16(5,6)7)19-12(13)4/h8,10-11,14,21H,9H2,1-7H3,(H2,17,18,22)/t11-,14-/m1/s1. The van der Waals surface area contributed by atoms with Gasteiger partial charge in [0.25, 0.3) is 0 Å². The Labute approximate surface area is 133 Å². The molecule has 2 amide bonds. The molecular formula is C16H30N4O2. The van der Waals surface area contributed by atoms with Crippen LogP contribution in [-0.4, -0.2) is 33.6 Å². The monoisotopic (exact) mass is 310 g/mol. The number of hydrogen-bond acceptors (Lipinski definition) is 3. The Kier molecular flexibility index (Phi) is 6.00. The van der Waals surface area contributed by atoms with Gasteiger partial charge in [-0.25, -0.2) is 4.79 Å². The lowest BCUT2D eigenvalue weighted by atomic mass is 10.1. The molecule has 0 saturated heterocycles. The third-order valence-corrected chi connectivity index (χ3v) is 3.76. The first-order chi connectivity index (χ1) is 10.1. The lowest BCUT2D eigenvalue weighted by molar-refractivity contribution is 0.196. The lowest BCUT2D eigenvalue weighted by Crippen LogP contribution is -2.46. The van der Waals surface area contributed by atoms with Crippen LogP contribution in [0, 0.1) is 12.8 Å². The summed E-state index contributed by atoms with van der Waals surface area (Å²) >= 11 is 0. The molecule has 0 fully saturated rings. The largest absolute Gasteiger partial charge is 0.394 e. The first kappa shape index (κ1) is 18.5. The fourth-order valence-electron chi connectivity index (χ4n) is 2.15. The van der Waals surface area contributed by atoms with Gasteiger partial charge in [0.2, 0.25) is 0 Å². The van der Waals surface area contributed by atoms with Crippen molar-refractivity contribution in [2.45, 2.75) is 66.1 Å². The van der Waals surface area contributed by atoms with Gasteiger partial charge in [0.05, 0.1) is 29.9 Å². The van der Waals surface area contributed by atoms with E-state index >= 15 is 0 Å². The molecule has 0 bridgehead atoms. The van der Waals surface area contributed by atoms with Crippen LogP contribution in [0.25, 0.3) is 0 Å². The number of nitrogens with zero attached hydrogens (tertiary/aromatic N) is 2. The quantitative estimate of drug-likeness (QED) is 0.781. The van der Waals surface area contributed by atoms with E-state index in [4.69, 9.17) is 0 Å². The smallest absolute Gasteiger partial charge is 0.315 e. The number of carbonyl (C=O) groups is 1. The highest BCUT2D eigenvalue weighted by atomic mass is 16.3. The first-order valence-electron chi connectivity index (χ1n) is 7.80. The van der Waals surface area contributed by atoms with Gasteiger partial charge in [-0.1, -0.05) is 13.8 Å². The van der Waals surface area contributed by atoms with Crippen LogP contribution in [0.3, 0.4) is 0 Å². The maximum atomic E-state index is 12.1. The first-order valence-corrected chi connectivity index (χ1v) is 7.80. The second-order valence-corrected chi connectivity index (χ2v) is 7.16. The van der Waals surface area contributed by atoms with Crippen molar-refractivity contribution in [1.82, 2.24) is 20.4 Å². The molecule has 0 saturated carbocycles. The Morgan fingerprint density at radius 3 is 2.32 bits per heavy atom. The van der Waals surface area contributed by atoms with Crippen LogP contribution in [0.1, 0.15) is 58.8 Å². The van der Waals surface area contributed by atoms with Gasteiger partial charge in [-0.2, -0.15) is 5.10 Å². The molecule has 2 atom stereocenters. The summed E-state index contributed by atoms with van der Waals surface area (Å²) in [6, 6.07) is -0.670. The summed E-state index contributed by atoms with van der Waals surface area (Å²) in [6.07, 6.45) is 1.98. The summed E-state index contributed by atoms with van der Waals surface area (Å²) in [5.74, 6) is 0.177. The van der Waals surface area contributed by atoms with Crippen LogP contribution in [0.5, 0.6) is 0 Å². The summed E-state index contributed by atoms with van der Waals surface area (Å²) in [6.45, 7) is 14.0. The molecule has 0 aliphatic carbocycles. The summed E-state index contributed by atoms with van der Waals surface area (Å²) < 4.78 is 1.92. The fraction of sp³-hybridized carbons (Fsp3) is 0.750. The molecule has 0 unspecified atom stereocenters. The molecular weight excluding hydrogens is 280 g/mol. The van der Waals surface area contributed by atoms with Crippen LogP contribution in [-0.2, 0) is 5.54 Å². The molecule has 1 aromatic heterocycles. The Morgan fingerprint density at radius 2 is 1.91 bits per heavy atom. The third-order valence-electron chi connectivity index (χ3n) is 3.76. The zero-order valence-corrected chi connectivity index (χ0v) is 14.8. The number of aryl methyl sites for hydroxylation is 1. The van der Waals surface area contributed by atoms with Crippen LogP contribution in [0.4, 0.5) is 4.79 Å². The molecule has 0 radical (unpaired) electrons.